The second-order valence-corrected chi connectivity index (χ2v) is 21.4. The van der Waals surface area contributed by atoms with Crippen molar-refractivity contribution in [2.45, 2.75) is 13.1 Å². The van der Waals surface area contributed by atoms with Gasteiger partial charge in [-0.3, -0.25) is 0 Å². The maximum absolute atomic E-state index is 16.0. The molecule has 0 N–H and O–H groups in total. The molecule has 54 heavy (non-hydrogen) atoms. The van der Waals surface area contributed by atoms with Crippen LogP contribution in [0.25, 0.3) is 61.7 Å². The van der Waals surface area contributed by atoms with E-state index >= 15 is 4.57 Å². The molecule has 0 amide bonds. The molecule has 0 radical (unpaired) electrons. The maximum Gasteiger partial charge on any atom is 0.170 e. The van der Waals surface area contributed by atoms with Crippen LogP contribution < -0.4 is 26.3 Å². The average Bonchev–Trinajstić information content (AvgIpc) is 3.56. The predicted molar refractivity (Wildman–Crippen MR) is 227 cm³/mol. The summed E-state index contributed by atoms with van der Waals surface area (Å²) in [5.41, 5.74) is 5.84. The van der Waals surface area contributed by atoms with Crippen molar-refractivity contribution in [3.63, 3.8) is 0 Å². The van der Waals surface area contributed by atoms with E-state index in [0.29, 0.717) is 17.5 Å². The number of hydrogen-bond donors (Lipinski definition) is 0. The van der Waals surface area contributed by atoms with Crippen molar-refractivity contribution >= 4 is 63.3 Å². The Hall–Kier alpha value is -6.20. The molecule has 3 heterocycles. The maximum atomic E-state index is 16.0. The Morgan fingerprint density at radius 1 is 0.463 bits per heavy atom. The number of aromatic nitrogens is 4. The summed E-state index contributed by atoms with van der Waals surface area (Å²) in [6, 6.07) is 60.3. The lowest BCUT2D eigenvalue weighted by atomic mass is 10.1. The number of hydrogen-bond acceptors (Lipinski definition) is 4. The van der Waals surface area contributed by atoms with E-state index in [1.807, 2.05) is 103 Å². The molecule has 1 aliphatic rings. The van der Waals surface area contributed by atoms with E-state index < -0.39 is 15.2 Å². The molecule has 5 nitrogen and oxygen atoms in total. The van der Waals surface area contributed by atoms with Gasteiger partial charge < -0.3 is 9.13 Å². The summed E-state index contributed by atoms with van der Waals surface area (Å²) < 4.78 is 18.3. The normalized spacial score (nSPS) is 15.9. The van der Waals surface area contributed by atoms with Gasteiger partial charge in [-0.2, -0.15) is 0 Å². The highest BCUT2D eigenvalue weighted by atomic mass is 31.2. The zero-order valence-corrected chi connectivity index (χ0v) is 31.8. The monoisotopic (exact) mass is 730 g/mol. The van der Waals surface area contributed by atoms with Gasteiger partial charge in [-0.1, -0.05) is 165 Å². The van der Waals surface area contributed by atoms with Gasteiger partial charge >= 0.3 is 0 Å². The standard InChI is InChI=1S/C47H35N4OPSi/c1-54(2)43-26-16-15-25-41(43)53(52,36-23-13-6-14-24-36)42-31-40-38(30-44(42)54)37-28-27-34(29-39(37)51(40)35-21-11-5-12-22-35)47-49-45(32-17-7-3-8-18-32)48-46(50-47)33-19-9-4-10-20-33/h3-31H,1-2H3. The molecule has 7 aromatic carbocycles. The van der Waals surface area contributed by atoms with Crippen LogP contribution in [0.2, 0.25) is 13.1 Å². The van der Waals surface area contributed by atoms with Crippen LogP contribution in [0.5, 0.6) is 0 Å². The van der Waals surface area contributed by atoms with Gasteiger partial charge in [-0.05, 0) is 34.6 Å². The molecule has 7 heteroatoms. The van der Waals surface area contributed by atoms with Gasteiger partial charge in [0.1, 0.15) is 8.07 Å². The van der Waals surface area contributed by atoms with Crippen molar-refractivity contribution in [3.8, 4) is 39.9 Å². The fourth-order valence-corrected chi connectivity index (χ4v) is 16.4. The first-order valence-electron chi connectivity index (χ1n) is 18.2. The highest BCUT2D eigenvalue weighted by molar-refractivity contribution is 7.87. The quantitative estimate of drug-likeness (QED) is 0.131. The van der Waals surface area contributed by atoms with E-state index in [0.717, 1.165) is 60.1 Å². The first kappa shape index (κ1) is 32.4. The molecular formula is C47H35N4OPSi. The molecule has 0 saturated carbocycles. The second kappa shape index (κ2) is 12.4. The Bertz CT molecular complexity index is 2870. The third-order valence-electron chi connectivity index (χ3n) is 10.9. The molecule has 0 aliphatic carbocycles. The largest absolute Gasteiger partial charge is 0.309 e. The molecular weight excluding hydrogens is 696 g/mol. The minimum Gasteiger partial charge on any atom is -0.309 e. The number of benzene rings is 7. The second-order valence-electron chi connectivity index (χ2n) is 14.4. The van der Waals surface area contributed by atoms with Crippen LogP contribution in [-0.2, 0) is 4.57 Å². The fraction of sp³-hybridized carbons (Fsp3) is 0.0426. The minimum atomic E-state index is -3.22. The SMILES string of the molecule is C[Si]1(C)c2ccccc2P(=O)(c2ccccc2)c2cc3c(cc21)c1ccc(-c2nc(-c4ccccc4)nc(-c4ccccc4)n2)cc1n3-c1ccccc1. The van der Waals surface area contributed by atoms with Gasteiger partial charge in [0.15, 0.2) is 24.6 Å². The fourth-order valence-electron chi connectivity index (χ4n) is 8.21. The van der Waals surface area contributed by atoms with E-state index in [-0.39, 0.29) is 0 Å². The van der Waals surface area contributed by atoms with Crippen LogP contribution in [0.4, 0.5) is 0 Å². The van der Waals surface area contributed by atoms with Gasteiger partial charge in [-0.15, -0.1) is 0 Å². The summed E-state index contributed by atoms with van der Waals surface area (Å²) in [4.78, 5) is 15.0. The summed E-state index contributed by atoms with van der Waals surface area (Å²) in [5.74, 6) is 1.85. The molecule has 0 spiro atoms. The number of para-hydroxylation sites is 1. The van der Waals surface area contributed by atoms with Crippen molar-refractivity contribution in [2.24, 2.45) is 0 Å². The molecule has 1 unspecified atom stereocenters. The Kier molecular flexibility index (Phi) is 7.48. The van der Waals surface area contributed by atoms with Crippen molar-refractivity contribution in [3.05, 3.63) is 176 Å². The summed E-state index contributed by atoms with van der Waals surface area (Å²) in [7, 11) is -5.49. The molecule has 10 rings (SSSR count). The first-order chi connectivity index (χ1) is 26.4. The number of nitrogens with zero attached hydrogens (tertiary/aromatic N) is 4. The molecule has 1 aliphatic heterocycles. The molecule has 2 aromatic heterocycles. The molecule has 258 valence electrons. The van der Waals surface area contributed by atoms with Crippen molar-refractivity contribution in [2.75, 3.05) is 0 Å². The van der Waals surface area contributed by atoms with Gasteiger partial charge in [0.05, 0.1) is 11.0 Å². The molecule has 0 fully saturated rings. The summed E-state index contributed by atoms with van der Waals surface area (Å²) in [6.45, 7) is 4.80. The van der Waals surface area contributed by atoms with Crippen LogP contribution >= 0.6 is 7.14 Å². The van der Waals surface area contributed by atoms with Gasteiger partial charge in [0.25, 0.3) is 0 Å². The topological polar surface area (TPSA) is 60.7 Å². The minimum absolute atomic E-state index is 0.603. The van der Waals surface area contributed by atoms with Crippen LogP contribution in [0, 0.1) is 0 Å². The molecule has 1 atom stereocenters. The molecule has 0 bridgehead atoms. The lowest BCUT2D eigenvalue weighted by molar-refractivity contribution is 0.592. The van der Waals surface area contributed by atoms with Crippen LogP contribution in [0.1, 0.15) is 0 Å². The van der Waals surface area contributed by atoms with Crippen molar-refractivity contribution < 1.29 is 4.57 Å². The van der Waals surface area contributed by atoms with Crippen LogP contribution in [-0.4, -0.2) is 27.6 Å². The summed E-state index contributed by atoms with van der Waals surface area (Å²) >= 11 is 0. The van der Waals surface area contributed by atoms with Crippen LogP contribution in [0.15, 0.2) is 176 Å². The average molecular weight is 731 g/mol. The van der Waals surface area contributed by atoms with E-state index in [9.17, 15) is 0 Å². The van der Waals surface area contributed by atoms with E-state index in [1.54, 1.807) is 0 Å². The third-order valence-corrected chi connectivity index (χ3v) is 18.0. The zero-order chi connectivity index (χ0) is 36.4. The molecule has 0 saturated heterocycles. The summed E-state index contributed by atoms with van der Waals surface area (Å²) in [5, 5.41) is 7.54. The Balaban J connectivity index is 1.27. The highest BCUT2D eigenvalue weighted by Crippen LogP contribution is 2.46. The van der Waals surface area contributed by atoms with E-state index in [4.69, 9.17) is 15.0 Å². The van der Waals surface area contributed by atoms with Gasteiger partial charge in [0, 0.05) is 49.1 Å². The Morgan fingerprint density at radius 3 is 1.61 bits per heavy atom. The summed E-state index contributed by atoms with van der Waals surface area (Å²) in [6.07, 6.45) is 0. The van der Waals surface area contributed by atoms with E-state index in [2.05, 4.69) is 90.5 Å². The number of fused-ring (bicyclic) bond motifs is 5. The lowest BCUT2D eigenvalue weighted by Crippen LogP contribution is -2.67. The Labute approximate surface area is 315 Å². The smallest absolute Gasteiger partial charge is 0.170 e. The van der Waals surface area contributed by atoms with Gasteiger partial charge in [0.2, 0.25) is 0 Å². The highest BCUT2D eigenvalue weighted by Gasteiger charge is 2.46. The third kappa shape index (κ3) is 4.98. The molecule has 9 aromatic rings. The number of rotatable bonds is 5. The van der Waals surface area contributed by atoms with Crippen molar-refractivity contribution in [1.82, 2.24) is 19.5 Å². The first-order valence-corrected chi connectivity index (χ1v) is 22.9. The van der Waals surface area contributed by atoms with Crippen LogP contribution in [0.3, 0.4) is 0 Å². The zero-order valence-electron chi connectivity index (χ0n) is 29.9. The van der Waals surface area contributed by atoms with Gasteiger partial charge in [-0.25, -0.2) is 15.0 Å². The predicted octanol–water partition coefficient (Wildman–Crippen LogP) is 8.75. The van der Waals surface area contributed by atoms with E-state index in [1.165, 1.54) is 10.4 Å². The lowest BCUT2D eigenvalue weighted by Gasteiger charge is -2.38. The Morgan fingerprint density at radius 2 is 0.981 bits per heavy atom. The van der Waals surface area contributed by atoms with Crippen molar-refractivity contribution in [1.29, 1.82) is 0 Å².